The minimum absolute atomic E-state index is 0.0330. The van der Waals surface area contributed by atoms with Crippen LogP contribution < -0.4 is 0 Å². The van der Waals surface area contributed by atoms with Gasteiger partial charge in [0.05, 0.1) is 27.8 Å². The highest BCUT2D eigenvalue weighted by atomic mass is 16.3. The standard InChI is InChI=1S/C50H45N3O/c1-31-16-18-36(19-17-31)37-20-21-51-45(30-37)40-26-39(27-41(28-40)50(5,6)7)43-14-11-15-46-47(43)52-49(44-25-32(2)22-34(4)48(44)54)53(46)42-24-33(3)23-38(29-42)35-12-9-8-10-13-35/h8-30,54H,1-7H3/i1D3,3D3,16D,17D,18D,19D. The molecule has 0 spiro atoms. The van der Waals surface area contributed by atoms with Crippen LogP contribution in [0, 0.1) is 27.6 Å². The largest absolute Gasteiger partial charge is 0.507 e. The van der Waals surface area contributed by atoms with Gasteiger partial charge in [-0.1, -0.05) is 111 Å². The first kappa shape index (κ1) is 24.9. The number of rotatable bonds is 6. The Morgan fingerprint density at radius 3 is 2.17 bits per heavy atom. The highest BCUT2D eigenvalue weighted by molar-refractivity contribution is 5.97. The van der Waals surface area contributed by atoms with Crippen LogP contribution in [0.5, 0.6) is 5.75 Å². The van der Waals surface area contributed by atoms with Gasteiger partial charge in [-0.15, -0.1) is 0 Å². The van der Waals surface area contributed by atoms with E-state index >= 15 is 0 Å². The Morgan fingerprint density at radius 1 is 0.630 bits per heavy atom. The summed E-state index contributed by atoms with van der Waals surface area (Å²) >= 11 is 0. The van der Waals surface area contributed by atoms with Crippen molar-refractivity contribution in [3.8, 4) is 67.5 Å². The van der Waals surface area contributed by atoms with Gasteiger partial charge in [0.2, 0.25) is 0 Å². The molecule has 0 bridgehead atoms. The van der Waals surface area contributed by atoms with Crippen molar-refractivity contribution in [2.75, 3.05) is 0 Å². The van der Waals surface area contributed by atoms with Crippen molar-refractivity contribution in [1.82, 2.24) is 14.5 Å². The first-order valence-electron chi connectivity index (χ1n) is 22.8. The minimum Gasteiger partial charge on any atom is -0.507 e. The highest BCUT2D eigenvalue weighted by Gasteiger charge is 2.23. The minimum atomic E-state index is -2.84. The second kappa shape index (κ2) is 13.6. The van der Waals surface area contributed by atoms with Gasteiger partial charge in [0.25, 0.3) is 0 Å². The van der Waals surface area contributed by atoms with Crippen molar-refractivity contribution < 1.29 is 18.8 Å². The molecule has 0 saturated heterocycles. The number of phenols is 1. The van der Waals surface area contributed by atoms with Gasteiger partial charge in [0, 0.05) is 31.2 Å². The molecule has 4 nitrogen and oxygen atoms in total. The molecule has 2 heterocycles. The smallest absolute Gasteiger partial charge is 0.149 e. The van der Waals surface area contributed by atoms with Crippen LogP contribution >= 0.6 is 0 Å². The number of hydrogen-bond acceptors (Lipinski definition) is 3. The Morgan fingerprint density at radius 2 is 1.41 bits per heavy atom. The summed E-state index contributed by atoms with van der Waals surface area (Å²) in [5.41, 5.74) is 8.54. The van der Waals surface area contributed by atoms with E-state index in [9.17, 15) is 5.11 Å². The van der Waals surface area contributed by atoms with E-state index in [2.05, 4.69) is 26.8 Å². The first-order valence-corrected chi connectivity index (χ1v) is 17.8. The van der Waals surface area contributed by atoms with E-state index in [1.165, 1.54) is 6.20 Å². The van der Waals surface area contributed by atoms with Crippen LogP contribution in [0.2, 0.25) is 0 Å². The molecular weight excluding hydrogens is 659 g/mol. The molecule has 0 aliphatic heterocycles. The highest BCUT2D eigenvalue weighted by Crippen LogP contribution is 2.41. The quantitative estimate of drug-likeness (QED) is 0.187. The maximum absolute atomic E-state index is 11.7. The molecule has 6 aromatic carbocycles. The summed E-state index contributed by atoms with van der Waals surface area (Å²) in [5, 5.41) is 11.7. The average Bonchev–Trinajstić information content (AvgIpc) is 3.63. The van der Waals surface area contributed by atoms with E-state index in [-0.39, 0.29) is 22.3 Å². The third-order valence-electron chi connectivity index (χ3n) is 9.73. The van der Waals surface area contributed by atoms with Crippen molar-refractivity contribution in [3.05, 3.63) is 167 Å². The Labute approximate surface area is 332 Å². The normalized spacial score (nSPS) is 14.8. The first-order chi connectivity index (χ1) is 30.0. The number of hydrogen-bond donors (Lipinski definition) is 1. The van der Waals surface area contributed by atoms with E-state index in [0.717, 1.165) is 27.8 Å². The zero-order valence-electron chi connectivity index (χ0n) is 40.8. The monoisotopic (exact) mass is 713 g/mol. The average molecular weight is 714 g/mol. The van der Waals surface area contributed by atoms with Gasteiger partial charge in [0.15, 0.2) is 0 Å². The Hall–Kier alpha value is -6.26. The molecule has 0 saturated carbocycles. The lowest BCUT2D eigenvalue weighted by Gasteiger charge is -2.22. The third kappa shape index (κ3) is 6.60. The number of nitrogens with zero attached hydrogens (tertiary/aromatic N) is 3. The molecule has 0 unspecified atom stereocenters. The summed E-state index contributed by atoms with van der Waals surface area (Å²) in [5.74, 6) is 0.469. The zero-order valence-corrected chi connectivity index (χ0v) is 30.8. The van der Waals surface area contributed by atoms with Crippen molar-refractivity contribution >= 4 is 11.0 Å². The van der Waals surface area contributed by atoms with E-state index in [1.54, 1.807) is 24.3 Å². The van der Waals surface area contributed by atoms with Crippen molar-refractivity contribution in [2.24, 2.45) is 0 Å². The molecule has 0 aliphatic rings. The van der Waals surface area contributed by atoms with E-state index in [4.69, 9.17) is 23.7 Å². The number of phenolic OH excluding ortho intramolecular Hbond substituents is 1. The number of imidazole rings is 1. The molecule has 0 aliphatic carbocycles. The van der Waals surface area contributed by atoms with Crippen LogP contribution in [0.15, 0.2) is 140 Å². The molecule has 0 radical (unpaired) electrons. The lowest BCUT2D eigenvalue weighted by atomic mass is 9.83. The van der Waals surface area contributed by atoms with Crippen molar-refractivity contribution in [1.29, 1.82) is 0 Å². The lowest BCUT2D eigenvalue weighted by Crippen LogP contribution is -2.11. The maximum atomic E-state index is 11.7. The summed E-state index contributed by atoms with van der Waals surface area (Å²) in [6, 6.07) is 31.6. The molecule has 8 rings (SSSR count). The van der Waals surface area contributed by atoms with Crippen molar-refractivity contribution in [3.63, 3.8) is 0 Å². The molecule has 1 N–H and O–H groups in total. The fourth-order valence-electron chi connectivity index (χ4n) is 7.01. The molecule has 266 valence electrons. The van der Waals surface area contributed by atoms with Gasteiger partial charge >= 0.3 is 0 Å². The van der Waals surface area contributed by atoms with Gasteiger partial charge in [-0.2, -0.15) is 0 Å². The van der Waals surface area contributed by atoms with Crippen LogP contribution in [0.3, 0.4) is 0 Å². The fourth-order valence-corrected chi connectivity index (χ4v) is 7.01. The Kier molecular flexibility index (Phi) is 6.28. The summed E-state index contributed by atoms with van der Waals surface area (Å²) in [6.07, 6.45) is 1.53. The number of benzene rings is 6. The molecule has 4 heteroatoms. The Bertz CT molecular complexity index is 3120. The second-order valence-electron chi connectivity index (χ2n) is 14.8. The Balaban J connectivity index is 1.39. The molecule has 54 heavy (non-hydrogen) atoms. The molecule has 0 atom stereocenters. The van der Waals surface area contributed by atoms with E-state index < -0.39 is 43.4 Å². The van der Waals surface area contributed by atoms with Crippen LogP contribution in [-0.2, 0) is 5.41 Å². The van der Waals surface area contributed by atoms with Gasteiger partial charge in [-0.05, 0) is 132 Å². The summed E-state index contributed by atoms with van der Waals surface area (Å²) < 4.78 is 85.5. The van der Waals surface area contributed by atoms with Crippen LogP contribution in [0.4, 0.5) is 0 Å². The second-order valence-corrected chi connectivity index (χ2v) is 14.8. The SMILES string of the molecule is [2H]c1c([2H])c(C([2H])([2H])[2H])c([2H])c([2H])c1-c1ccnc(-c2cc(-c3cccc4c3nc(-c3cc(C)cc(C)c3O)n4-c3cc(-c4ccccc4)cc(C([2H])([2H])[2H])c3)cc(C(C)(C)C)c2)c1. The summed E-state index contributed by atoms with van der Waals surface area (Å²) in [7, 11) is 0. The zero-order chi connectivity index (χ0) is 46.2. The number of aromatic nitrogens is 3. The van der Waals surface area contributed by atoms with Gasteiger partial charge in [0.1, 0.15) is 11.6 Å². The number of para-hydroxylation sites is 1. The topological polar surface area (TPSA) is 50.9 Å². The fraction of sp³-hybridized carbons (Fsp3) is 0.160. The predicted octanol–water partition coefficient (Wildman–Crippen LogP) is 13.0. The van der Waals surface area contributed by atoms with Gasteiger partial charge < -0.3 is 5.11 Å². The molecule has 0 fully saturated rings. The summed E-state index contributed by atoms with van der Waals surface area (Å²) in [4.78, 5) is 10.0. The van der Waals surface area contributed by atoms with E-state index in [1.807, 2.05) is 97.3 Å². The summed E-state index contributed by atoms with van der Waals surface area (Å²) in [6.45, 7) is 4.78. The molecule has 0 amide bonds. The third-order valence-corrected chi connectivity index (χ3v) is 9.73. The number of pyridine rings is 1. The number of aromatic hydroxyl groups is 1. The molecule has 2 aromatic heterocycles. The van der Waals surface area contributed by atoms with Gasteiger partial charge in [-0.3, -0.25) is 9.55 Å². The molecule has 8 aromatic rings. The number of aryl methyl sites for hydroxylation is 3. The van der Waals surface area contributed by atoms with Crippen LogP contribution in [0.25, 0.3) is 72.7 Å². The van der Waals surface area contributed by atoms with E-state index in [0.29, 0.717) is 56.1 Å². The predicted molar refractivity (Wildman–Crippen MR) is 225 cm³/mol. The van der Waals surface area contributed by atoms with Gasteiger partial charge in [-0.25, -0.2) is 4.98 Å². The van der Waals surface area contributed by atoms with Crippen molar-refractivity contribution in [2.45, 2.75) is 53.7 Å². The van der Waals surface area contributed by atoms with Crippen LogP contribution in [0.1, 0.15) is 62.3 Å². The molecular formula is C50H45N3O. The number of fused-ring (bicyclic) bond motifs is 1. The lowest BCUT2D eigenvalue weighted by molar-refractivity contribution is 0.472. The maximum Gasteiger partial charge on any atom is 0.149 e. The van der Waals surface area contributed by atoms with Crippen LogP contribution in [-0.4, -0.2) is 19.6 Å².